The topological polar surface area (TPSA) is 81.4 Å². The largest absolute Gasteiger partial charge is 0.374 e. The lowest BCUT2D eigenvalue weighted by Crippen LogP contribution is -2.41. The second-order valence-electron chi connectivity index (χ2n) is 7.40. The minimum atomic E-state index is -0.422. The van der Waals surface area contributed by atoms with Gasteiger partial charge >= 0.3 is 0 Å². The summed E-state index contributed by atoms with van der Waals surface area (Å²) >= 11 is 10.6. The van der Waals surface area contributed by atoms with Crippen molar-refractivity contribution in [3.05, 3.63) is 59.7 Å². The third kappa shape index (κ3) is 11.5. The van der Waals surface area contributed by atoms with Gasteiger partial charge in [0.25, 0.3) is 5.24 Å². The number of nitrogens with one attached hydrogen (secondary N) is 1. The van der Waals surface area contributed by atoms with Crippen molar-refractivity contribution < 1.29 is 14.3 Å². The fourth-order valence-electron chi connectivity index (χ4n) is 1.99. The van der Waals surface area contributed by atoms with E-state index >= 15 is 0 Å². The molecule has 2 unspecified atom stereocenters. The van der Waals surface area contributed by atoms with Crippen LogP contribution in [-0.2, 0) is 9.53 Å². The van der Waals surface area contributed by atoms with E-state index in [1.807, 2.05) is 46.8 Å². The first-order valence-corrected chi connectivity index (χ1v) is 9.50. The fourth-order valence-corrected chi connectivity index (χ4v) is 2.34. The molecule has 29 heavy (non-hydrogen) atoms. The molecular weight excluding hydrogens is 435 g/mol. The van der Waals surface area contributed by atoms with E-state index in [4.69, 9.17) is 33.8 Å². The molecule has 0 heterocycles. The van der Waals surface area contributed by atoms with Crippen molar-refractivity contribution in [2.75, 3.05) is 7.11 Å². The van der Waals surface area contributed by atoms with Crippen LogP contribution in [0.15, 0.2) is 54.1 Å². The average molecular weight is 466 g/mol. The van der Waals surface area contributed by atoms with Gasteiger partial charge in [0.1, 0.15) is 0 Å². The van der Waals surface area contributed by atoms with Gasteiger partial charge in [-0.25, -0.2) is 0 Å². The second-order valence-corrected chi connectivity index (χ2v) is 8.09. The van der Waals surface area contributed by atoms with Gasteiger partial charge < -0.3 is 4.74 Å². The highest BCUT2D eigenvalue weighted by molar-refractivity contribution is 6.68. The van der Waals surface area contributed by atoms with Crippen molar-refractivity contribution in [1.29, 1.82) is 0 Å². The number of carbonyl (C=O) groups is 2. The maximum Gasteiger partial charge on any atom is 0.252 e. The van der Waals surface area contributed by atoms with E-state index < -0.39 is 16.1 Å². The molecule has 0 aromatic heterocycles. The highest BCUT2D eigenvalue weighted by atomic mass is 35.5. The summed E-state index contributed by atoms with van der Waals surface area (Å²) in [7, 11) is 1.63. The summed E-state index contributed by atoms with van der Waals surface area (Å²) in [5, 5.41) is -0.810. The molecule has 164 valence electrons. The molecule has 2 atom stereocenters. The fraction of sp³-hybridized carbons (Fsp3) is 0.429. The van der Waals surface area contributed by atoms with Gasteiger partial charge in [0.05, 0.1) is 5.60 Å². The van der Waals surface area contributed by atoms with Crippen LogP contribution in [-0.4, -0.2) is 28.7 Å². The Bertz CT molecular complexity index is 701. The molecule has 1 aromatic rings. The van der Waals surface area contributed by atoms with Crippen LogP contribution in [0.5, 0.6) is 0 Å². The number of benzene rings is 1. The van der Waals surface area contributed by atoms with Crippen LogP contribution in [0.4, 0.5) is 0 Å². The molecule has 1 aliphatic rings. The third-order valence-corrected chi connectivity index (χ3v) is 4.57. The van der Waals surface area contributed by atoms with E-state index in [1.165, 1.54) is 0 Å². The molecule has 0 spiro atoms. The lowest BCUT2D eigenvalue weighted by Gasteiger charge is -2.34. The van der Waals surface area contributed by atoms with E-state index in [9.17, 15) is 9.59 Å². The van der Waals surface area contributed by atoms with Gasteiger partial charge in [-0.05, 0) is 50.9 Å². The zero-order valence-corrected chi connectivity index (χ0v) is 20.0. The smallest absolute Gasteiger partial charge is 0.252 e. The molecule has 3 N–H and O–H groups in total. The Labute approximate surface area is 190 Å². The number of hydrogen-bond donors (Lipinski definition) is 2. The quantitative estimate of drug-likeness (QED) is 0.372. The number of allylic oxidation sites excluding steroid dienone is 2. The number of nitrogens with two attached hydrogens (primary N) is 1. The molecule has 0 saturated carbocycles. The molecule has 8 heteroatoms. The van der Waals surface area contributed by atoms with Crippen LogP contribution in [0, 0.1) is 5.92 Å². The van der Waals surface area contributed by atoms with E-state index in [0.29, 0.717) is 11.1 Å². The highest BCUT2D eigenvalue weighted by Gasteiger charge is 2.34. The second kappa shape index (κ2) is 13.9. The van der Waals surface area contributed by atoms with Crippen molar-refractivity contribution in [1.82, 2.24) is 5.43 Å². The summed E-state index contributed by atoms with van der Waals surface area (Å²) in [6.07, 6.45) is 5.47. The number of rotatable bonds is 3. The molecular formula is C21H31Cl3N2O3. The number of hydrogen-bond acceptors (Lipinski definition) is 5. The first-order chi connectivity index (χ1) is 12.9. The Morgan fingerprint density at radius 2 is 1.62 bits per heavy atom. The van der Waals surface area contributed by atoms with Gasteiger partial charge in [-0.3, -0.25) is 20.9 Å². The molecule has 1 aromatic carbocycles. The lowest BCUT2D eigenvalue weighted by atomic mass is 9.81. The number of halogens is 3. The van der Waals surface area contributed by atoms with Crippen molar-refractivity contribution in [3.63, 3.8) is 0 Å². The van der Waals surface area contributed by atoms with Gasteiger partial charge in [0.2, 0.25) is 5.24 Å². The van der Waals surface area contributed by atoms with Crippen LogP contribution in [0.3, 0.4) is 0 Å². The Balaban J connectivity index is 0. The Morgan fingerprint density at radius 3 is 1.93 bits per heavy atom. The molecule has 0 aliphatic heterocycles. The van der Waals surface area contributed by atoms with Crippen molar-refractivity contribution in [2.45, 2.75) is 45.8 Å². The zero-order chi connectivity index (χ0) is 22.0. The normalized spacial score (nSPS) is 20.0. The van der Waals surface area contributed by atoms with Crippen LogP contribution in [0.2, 0.25) is 0 Å². The van der Waals surface area contributed by atoms with E-state index in [2.05, 4.69) is 5.43 Å². The van der Waals surface area contributed by atoms with Crippen LogP contribution in [0.25, 0.3) is 0 Å². The number of carbonyl (C=O) groups excluding carboxylic acids is 2. The van der Waals surface area contributed by atoms with Gasteiger partial charge in [0.15, 0.2) is 0 Å². The van der Waals surface area contributed by atoms with E-state index in [0.717, 1.165) is 0 Å². The standard InChI is InChI=1S/C10H13ClO2.C7H5ClO.C4H12N2.ClH/c1-7-8(9(11)12)5-4-6-10(7,2)13-3;8-7(9)6-4-2-1-3-5-6;1-4(2,3)6-5;/h4-7H,1-3H3;1-5H;6H,5H2,1-3H3;1H. The molecule has 0 radical (unpaired) electrons. The molecule has 0 saturated heterocycles. The van der Waals surface area contributed by atoms with Crippen molar-refractivity contribution in [3.8, 4) is 0 Å². The van der Waals surface area contributed by atoms with Crippen molar-refractivity contribution in [2.24, 2.45) is 11.8 Å². The highest BCUT2D eigenvalue weighted by Crippen LogP contribution is 2.33. The van der Waals surface area contributed by atoms with Gasteiger partial charge in [-0.15, -0.1) is 12.4 Å². The van der Waals surface area contributed by atoms with Crippen molar-refractivity contribution >= 4 is 46.1 Å². The predicted octanol–water partition coefficient (Wildman–Crippen LogP) is 5.02. The minimum absolute atomic E-state index is 0. The van der Waals surface area contributed by atoms with E-state index in [-0.39, 0.29) is 23.9 Å². The predicted molar refractivity (Wildman–Crippen MR) is 124 cm³/mol. The first-order valence-electron chi connectivity index (χ1n) is 8.75. The summed E-state index contributed by atoms with van der Waals surface area (Å²) in [6.45, 7) is 9.88. The first kappa shape index (κ1) is 30.0. The number of ether oxygens (including phenoxy) is 1. The molecule has 0 amide bonds. The lowest BCUT2D eigenvalue weighted by molar-refractivity contribution is -0.110. The SMILES string of the molecule is CC(C)(C)NN.COC1(C)C=CC=C(C(=O)Cl)C1C.Cl.O=C(Cl)c1ccccc1. The molecule has 2 rings (SSSR count). The van der Waals surface area contributed by atoms with Gasteiger partial charge in [0, 0.05) is 29.7 Å². The Kier molecular flexibility index (Phi) is 14.4. The van der Waals surface area contributed by atoms with Crippen LogP contribution in [0.1, 0.15) is 45.0 Å². The molecule has 5 nitrogen and oxygen atoms in total. The number of methoxy groups -OCH3 is 1. The monoisotopic (exact) mass is 464 g/mol. The summed E-state index contributed by atoms with van der Waals surface area (Å²) in [5.41, 5.74) is 3.40. The zero-order valence-electron chi connectivity index (χ0n) is 17.7. The molecule has 0 fully saturated rings. The number of hydrazine groups is 1. The molecule has 0 bridgehead atoms. The minimum Gasteiger partial charge on any atom is -0.374 e. The summed E-state index contributed by atoms with van der Waals surface area (Å²) in [6, 6.07) is 8.74. The Hall–Kier alpha value is -1.21. The van der Waals surface area contributed by atoms with E-state index in [1.54, 1.807) is 43.5 Å². The van der Waals surface area contributed by atoms with Crippen LogP contribution < -0.4 is 11.3 Å². The summed E-state index contributed by atoms with van der Waals surface area (Å²) in [4.78, 5) is 21.4. The maximum absolute atomic E-state index is 11.0. The van der Waals surface area contributed by atoms with Crippen LogP contribution >= 0.6 is 35.6 Å². The Morgan fingerprint density at radius 1 is 1.14 bits per heavy atom. The van der Waals surface area contributed by atoms with Gasteiger partial charge in [-0.2, -0.15) is 0 Å². The van der Waals surface area contributed by atoms with Gasteiger partial charge in [-0.1, -0.05) is 55.5 Å². The average Bonchev–Trinajstić information content (AvgIpc) is 2.65. The summed E-state index contributed by atoms with van der Waals surface area (Å²) < 4.78 is 5.33. The summed E-state index contributed by atoms with van der Waals surface area (Å²) in [5.74, 6) is 5.05. The maximum atomic E-state index is 11.0. The molecule has 1 aliphatic carbocycles. The third-order valence-electron chi connectivity index (χ3n) is 4.13.